The summed E-state index contributed by atoms with van der Waals surface area (Å²) in [4.78, 5) is 22.3. The van der Waals surface area contributed by atoms with Gasteiger partial charge in [0.2, 0.25) is 0 Å². The average Bonchev–Trinajstić information content (AvgIpc) is 2.45. The highest BCUT2D eigenvalue weighted by Crippen LogP contribution is 2.24. The summed E-state index contributed by atoms with van der Waals surface area (Å²) in [6.07, 6.45) is 4.91. The van der Waals surface area contributed by atoms with Crippen LogP contribution >= 0.6 is 27.5 Å². The van der Waals surface area contributed by atoms with E-state index in [-0.39, 0.29) is 11.9 Å². The second-order valence-electron chi connectivity index (χ2n) is 4.77. The van der Waals surface area contributed by atoms with Gasteiger partial charge in [0.05, 0.1) is 22.8 Å². The van der Waals surface area contributed by atoms with Crippen LogP contribution in [0.4, 0.5) is 5.82 Å². The van der Waals surface area contributed by atoms with Crippen LogP contribution in [0.15, 0.2) is 41.3 Å². The molecular weight excluding hydrogens is 356 g/mol. The standard InChI is InChI=1S/C14H12BrClN4O/c15-9-1-2-12(16)11(5-9)14(21)20-7-10(8-20)19-13-6-17-3-4-18-13/h1-6,10H,7-8H2,(H,18,19). The number of anilines is 1. The number of hydrogen-bond donors (Lipinski definition) is 1. The van der Waals surface area contributed by atoms with Gasteiger partial charge in [0, 0.05) is 30.0 Å². The fraction of sp³-hybridized carbons (Fsp3) is 0.214. The third-order valence-corrected chi connectivity index (χ3v) is 4.07. The molecule has 1 N–H and O–H groups in total. The third kappa shape index (κ3) is 3.16. The molecule has 7 heteroatoms. The minimum atomic E-state index is -0.0569. The summed E-state index contributed by atoms with van der Waals surface area (Å²) >= 11 is 9.43. The van der Waals surface area contributed by atoms with E-state index in [0.717, 1.165) is 10.3 Å². The molecule has 1 aliphatic rings. The van der Waals surface area contributed by atoms with Gasteiger partial charge >= 0.3 is 0 Å². The Morgan fingerprint density at radius 1 is 1.38 bits per heavy atom. The first-order valence-corrected chi connectivity index (χ1v) is 7.57. The topological polar surface area (TPSA) is 58.1 Å². The Bertz CT molecular complexity index is 661. The molecule has 21 heavy (non-hydrogen) atoms. The van der Waals surface area contributed by atoms with Gasteiger partial charge in [-0.1, -0.05) is 27.5 Å². The summed E-state index contributed by atoms with van der Waals surface area (Å²) in [5.41, 5.74) is 0.518. The summed E-state index contributed by atoms with van der Waals surface area (Å²) in [6.45, 7) is 1.25. The van der Waals surface area contributed by atoms with Gasteiger partial charge in [-0.15, -0.1) is 0 Å². The lowest BCUT2D eigenvalue weighted by Gasteiger charge is -2.39. The van der Waals surface area contributed by atoms with Crippen molar-refractivity contribution in [2.24, 2.45) is 0 Å². The van der Waals surface area contributed by atoms with Crippen LogP contribution in [0.1, 0.15) is 10.4 Å². The monoisotopic (exact) mass is 366 g/mol. The van der Waals surface area contributed by atoms with E-state index in [2.05, 4.69) is 31.2 Å². The summed E-state index contributed by atoms with van der Waals surface area (Å²) in [7, 11) is 0. The Hall–Kier alpha value is -1.66. The van der Waals surface area contributed by atoms with Crippen LogP contribution in [0, 0.1) is 0 Å². The van der Waals surface area contributed by atoms with Crippen LogP contribution in [0.5, 0.6) is 0 Å². The Morgan fingerprint density at radius 3 is 2.90 bits per heavy atom. The first kappa shape index (κ1) is 14.3. The number of carbonyl (C=O) groups excluding carboxylic acids is 1. The van der Waals surface area contributed by atoms with Crippen LogP contribution in [-0.2, 0) is 0 Å². The largest absolute Gasteiger partial charge is 0.362 e. The van der Waals surface area contributed by atoms with Gasteiger partial charge in [-0.05, 0) is 18.2 Å². The Morgan fingerprint density at radius 2 is 2.19 bits per heavy atom. The summed E-state index contributed by atoms with van der Waals surface area (Å²) in [5.74, 6) is 0.661. The van der Waals surface area contributed by atoms with E-state index in [4.69, 9.17) is 11.6 Å². The number of nitrogens with zero attached hydrogens (tertiary/aromatic N) is 3. The number of halogens is 2. The first-order valence-electron chi connectivity index (χ1n) is 6.40. The number of nitrogens with one attached hydrogen (secondary N) is 1. The number of amides is 1. The lowest BCUT2D eigenvalue weighted by Crippen LogP contribution is -2.57. The molecule has 0 radical (unpaired) electrons. The summed E-state index contributed by atoms with van der Waals surface area (Å²) in [6, 6.07) is 5.46. The SMILES string of the molecule is O=C(c1cc(Br)ccc1Cl)N1CC(Nc2cnccn2)C1. The molecule has 108 valence electrons. The van der Waals surface area contributed by atoms with Crippen LogP contribution in [-0.4, -0.2) is 39.9 Å². The molecule has 1 aromatic carbocycles. The van der Waals surface area contributed by atoms with Crippen molar-refractivity contribution in [2.75, 3.05) is 18.4 Å². The molecule has 1 aliphatic heterocycles. The zero-order valence-electron chi connectivity index (χ0n) is 11.0. The molecule has 0 saturated carbocycles. The van der Waals surface area contributed by atoms with Gasteiger partial charge in [0.25, 0.3) is 5.91 Å². The van der Waals surface area contributed by atoms with Crippen molar-refractivity contribution in [1.29, 1.82) is 0 Å². The van der Waals surface area contributed by atoms with E-state index in [1.165, 1.54) is 0 Å². The highest BCUT2D eigenvalue weighted by Gasteiger charge is 2.32. The molecule has 1 aromatic heterocycles. The Balaban J connectivity index is 1.61. The van der Waals surface area contributed by atoms with Crippen molar-refractivity contribution in [3.8, 4) is 0 Å². The molecule has 5 nitrogen and oxygen atoms in total. The van der Waals surface area contributed by atoms with E-state index < -0.39 is 0 Å². The molecule has 0 bridgehead atoms. The molecule has 0 aliphatic carbocycles. The van der Waals surface area contributed by atoms with Crippen LogP contribution in [0.3, 0.4) is 0 Å². The molecule has 2 aromatic rings. The van der Waals surface area contributed by atoms with Gasteiger partial charge < -0.3 is 10.2 Å². The minimum absolute atomic E-state index is 0.0569. The smallest absolute Gasteiger partial charge is 0.255 e. The van der Waals surface area contributed by atoms with Crippen molar-refractivity contribution >= 4 is 39.3 Å². The molecule has 1 amide bonds. The molecule has 1 saturated heterocycles. The van der Waals surface area contributed by atoms with E-state index in [9.17, 15) is 4.79 Å². The summed E-state index contributed by atoms with van der Waals surface area (Å²) in [5, 5.41) is 3.70. The molecular formula is C14H12BrClN4O. The van der Waals surface area contributed by atoms with Gasteiger partial charge in [0.1, 0.15) is 5.82 Å². The van der Waals surface area contributed by atoms with E-state index in [1.807, 2.05) is 6.07 Å². The van der Waals surface area contributed by atoms with Crippen molar-refractivity contribution in [3.05, 3.63) is 51.8 Å². The quantitative estimate of drug-likeness (QED) is 0.906. The maximum Gasteiger partial charge on any atom is 0.255 e. The molecule has 0 unspecified atom stereocenters. The van der Waals surface area contributed by atoms with Crippen LogP contribution in [0.2, 0.25) is 5.02 Å². The number of rotatable bonds is 3. The zero-order chi connectivity index (χ0) is 14.8. The number of benzene rings is 1. The molecule has 1 fully saturated rings. The fourth-order valence-electron chi connectivity index (χ4n) is 2.15. The van der Waals surface area contributed by atoms with E-state index in [1.54, 1.807) is 35.6 Å². The van der Waals surface area contributed by atoms with Crippen molar-refractivity contribution in [3.63, 3.8) is 0 Å². The van der Waals surface area contributed by atoms with Gasteiger partial charge in [-0.25, -0.2) is 4.98 Å². The van der Waals surface area contributed by atoms with Crippen molar-refractivity contribution in [1.82, 2.24) is 14.9 Å². The molecule has 0 atom stereocenters. The average molecular weight is 368 g/mol. The summed E-state index contributed by atoms with van der Waals surface area (Å²) < 4.78 is 0.838. The van der Waals surface area contributed by atoms with Crippen molar-refractivity contribution < 1.29 is 4.79 Å². The second-order valence-corrected chi connectivity index (χ2v) is 6.09. The van der Waals surface area contributed by atoms with E-state index in [0.29, 0.717) is 23.7 Å². The normalized spacial score (nSPS) is 14.7. The van der Waals surface area contributed by atoms with Crippen LogP contribution < -0.4 is 5.32 Å². The Labute approximate surface area is 135 Å². The first-order chi connectivity index (χ1) is 10.1. The molecule has 3 rings (SSSR count). The highest BCUT2D eigenvalue weighted by atomic mass is 79.9. The minimum Gasteiger partial charge on any atom is -0.362 e. The fourth-order valence-corrected chi connectivity index (χ4v) is 2.71. The highest BCUT2D eigenvalue weighted by molar-refractivity contribution is 9.10. The zero-order valence-corrected chi connectivity index (χ0v) is 13.3. The van der Waals surface area contributed by atoms with E-state index >= 15 is 0 Å². The maximum absolute atomic E-state index is 12.4. The third-order valence-electron chi connectivity index (χ3n) is 3.24. The van der Waals surface area contributed by atoms with Gasteiger partial charge in [-0.2, -0.15) is 0 Å². The van der Waals surface area contributed by atoms with Gasteiger partial charge in [-0.3, -0.25) is 9.78 Å². The predicted molar refractivity (Wildman–Crippen MR) is 84.5 cm³/mol. The van der Waals surface area contributed by atoms with Gasteiger partial charge in [0.15, 0.2) is 0 Å². The lowest BCUT2D eigenvalue weighted by molar-refractivity contribution is 0.0625. The number of aromatic nitrogens is 2. The predicted octanol–water partition coefficient (Wildman–Crippen LogP) is 2.83. The van der Waals surface area contributed by atoms with Crippen LogP contribution in [0.25, 0.3) is 0 Å². The number of carbonyl (C=O) groups is 1. The number of hydrogen-bond acceptors (Lipinski definition) is 4. The molecule has 0 spiro atoms. The lowest BCUT2D eigenvalue weighted by atomic mass is 10.1. The number of likely N-dealkylation sites (tertiary alicyclic amines) is 1. The second kappa shape index (κ2) is 5.99. The Kier molecular flexibility index (Phi) is 4.07. The maximum atomic E-state index is 12.4. The van der Waals surface area contributed by atoms with Crippen molar-refractivity contribution in [2.45, 2.75) is 6.04 Å². The molecule has 2 heterocycles.